The fourth-order valence-electron chi connectivity index (χ4n) is 2.37. The highest BCUT2D eigenvalue weighted by Crippen LogP contribution is 2.16. The SMILES string of the molecule is O=C(O)CC1CS(=O)(=O)CCN1C(=O)CCn1ccnc1. The molecule has 1 N–H and O–H groups in total. The number of nitrogens with zero attached hydrogens (tertiary/aromatic N) is 3. The van der Waals surface area contributed by atoms with Crippen molar-refractivity contribution in [3.8, 4) is 0 Å². The van der Waals surface area contributed by atoms with Gasteiger partial charge in [-0.25, -0.2) is 13.4 Å². The molecule has 21 heavy (non-hydrogen) atoms. The van der Waals surface area contributed by atoms with Crippen LogP contribution < -0.4 is 0 Å². The Morgan fingerprint density at radius 1 is 1.38 bits per heavy atom. The van der Waals surface area contributed by atoms with Crippen LogP contribution in [-0.4, -0.2) is 63.9 Å². The second kappa shape index (κ2) is 6.25. The number of aliphatic carboxylic acids is 1. The van der Waals surface area contributed by atoms with Crippen molar-refractivity contribution in [3.63, 3.8) is 0 Å². The van der Waals surface area contributed by atoms with Crippen LogP contribution in [0.4, 0.5) is 0 Å². The van der Waals surface area contributed by atoms with Crippen molar-refractivity contribution in [3.05, 3.63) is 18.7 Å². The first kappa shape index (κ1) is 15.5. The maximum absolute atomic E-state index is 12.2. The molecule has 1 atom stereocenters. The predicted molar refractivity (Wildman–Crippen MR) is 73.3 cm³/mol. The van der Waals surface area contributed by atoms with E-state index in [1.54, 1.807) is 23.3 Å². The molecule has 116 valence electrons. The Balaban J connectivity index is 2.01. The summed E-state index contributed by atoms with van der Waals surface area (Å²) in [7, 11) is -3.27. The van der Waals surface area contributed by atoms with Gasteiger partial charge in [-0.15, -0.1) is 0 Å². The number of amides is 1. The lowest BCUT2D eigenvalue weighted by molar-refractivity contribution is -0.140. The van der Waals surface area contributed by atoms with Gasteiger partial charge in [0, 0.05) is 31.9 Å². The maximum atomic E-state index is 12.2. The Hall–Kier alpha value is -1.90. The van der Waals surface area contributed by atoms with Crippen LogP contribution in [0.2, 0.25) is 0 Å². The second-order valence-corrected chi connectivity index (χ2v) is 7.23. The van der Waals surface area contributed by atoms with Crippen LogP contribution in [0, 0.1) is 0 Å². The monoisotopic (exact) mass is 315 g/mol. The van der Waals surface area contributed by atoms with E-state index in [1.807, 2.05) is 0 Å². The van der Waals surface area contributed by atoms with Gasteiger partial charge in [-0.05, 0) is 0 Å². The van der Waals surface area contributed by atoms with Gasteiger partial charge < -0.3 is 14.6 Å². The van der Waals surface area contributed by atoms with Crippen LogP contribution in [0.25, 0.3) is 0 Å². The average molecular weight is 315 g/mol. The summed E-state index contributed by atoms with van der Waals surface area (Å²) in [6.45, 7) is 0.491. The van der Waals surface area contributed by atoms with E-state index >= 15 is 0 Å². The molecule has 1 aliphatic heterocycles. The first-order chi connectivity index (χ1) is 9.87. The van der Waals surface area contributed by atoms with Gasteiger partial charge in [0.25, 0.3) is 0 Å². The third kappa shape index (κ3) is 4.28. The summed E-state index contributed by atoms with van der Waals surface area (Å²) in [5.41, 5.74) is 0. The molecule has 0 aromatic carbocycles. The van der Waals surface area contributed by atoms with Crippen LogP contribution in [-0.2, 0) is 26.0 Å². The summed E-state index contributed by atoms with van der Waals surface area (Å²) in [4.78, 5) is 28.3. The second-order valence-electron chi connectivity index (χ2n) is 5.00. The Morgan fingerprint density at radius 3 is 2.76 bits per heavy atom. The van der Waals surface area contributed by atoms with E-state index in [2.05, 4.69) is 4.98 Å². The lowest BCUT2D eigenvalue weighted by Gasteiger charge is -2.34. The molecule has 8 nitrogen and oxygen atoms in total. The number of rotatable bonds is 5. The van der Waals surface area contributed by atoms with Gasteiger partial charge in [0.2, 0.25) is 5.91 Å². The number of carboxylic acid groups (broad SMARTS) is 1. The fourth-order valence-corrected chi connectivity index (χ4v) is 3.90. The number of imidazole rings is 1. The molecule has 0 bridgehead atoms. The van der Waals surface area contributed by atoms with E-state index in [-0.39, 0.29) is 36.8 Å². The number of carboxylic acids is 1. The minimum absolute atomic E-state index is 0.0586. The highest BCUT2D eigenvalue weighted by molar-refractivity contribution is 7.91. The van der Waals surface area contributed by atoms with E-state index in [9.17, 15) is 18.0 Å². The minimum Gasteiger partial charge on any atom is -0.481 e. The number of hydrogen-bond donors (Lipinski definition) is 1. The van der Waals surface area contributed by atoms with Gasteiger partial charge in [-0.2, -0.15) is 0 Å². The van der Waals surface area contributed by atoms with Crippen LogP contribution in [0.3, 0.4) is 0 Å². The van der Waals surface area contributed by atoms with Crippen LogP contribution >= 0.6 is 0 Å². The highest BCUT2D eigenvalue weighted by atomic mass is 32.2. The van der Waals surface area contributed by atoms with Crippen molar-refractivity contribution in [2.24, 2.45) is 0 Å². The van der Waals surface area contributed by atoms with Crippen molar-refractivity contribution in [2.45, 2.75) is 25.4 Å². The molecule has 1 aliphatic rings. The van der Waals surface area contributed by atoms with E-state index in [0.29, 0.717) is 6.54 Å². The smallest absolute Gasteiger partial charge is 0.305 e. The molecule has 1 unspecified atom stereocenters. The molecule has 1 fully saturated rings. The average Bonchev–Trinajstić information content (AvgIpc) is 2.87. The van der Waals surface area contributed by atoms with Gasteiger partial charge in [-0.1, -0.05) is 0 Å². The summed E-state index contributed by atoms with van der Waals surface area (Å²) in [5.74, 6) is -1.73. The highest BCUT2D eigenvalue weighted by Gasteiger charge is 2.34. The van der Waals surface area contributed by atoms with Crippen molar-refractivity contribution in [1.82, 2.24) is 14.5 Å². The van der Waals surface area contributed by atoms with Gasteiger partial charge >= 0.3 is 5.97 Å². The molecule has 0 saturated carbocycles. The molecule has 2 rings (SSSR count). The molecule has 0 aliphatic carbocycles. The predicted octanol–water partition coefficient (Wildman–Crippen LogP) is -0.626. The third-order valence-electron chi connectivity index (χ3n) is 3.40. The Bertz CT molecular complexity index is 611. The Labute approximate surface area is 122 Å². The van der Waals surface area contributed by atoms with Crippen molar-refractivity contribution in [2.75, 3.05) is 18.1 Å². The topological polar surface area (TPSA) is 110 Å². The molecule has 0 radical (unpaired) electrons. The van der Waals surface area contributed by atoms with Crippen molar-refractivity contribution in [1.29, 1.82) is 0 Å². The zero-order valence-electron chi connectivity index (χ0n) is 11.4. The largest absolute Gasteiger partial charge is 0.481 e. The molecule has 1 saturated heterocycles. The fraction of sp³-hybridized carbons (Fsp3) is 0.583. The summed E-state index contributed by atoms with van der Waals surface area (Å²) < 4.78 is 25.0. The van der Waals surface area contributed by atoms with Gasteiger partial charge in [0.05, 0.1) is 30.3 Å². The minimum atomic E-state index is -3.27. The van der Waals surface area contributed by atoms with E-state index in [0.717, 1.165) is 0 Å². The zero-order chi connectivity index (χ0) is 15.5. The zero-order valence-corrected chi connectivity index (χ0v) is 12.2. The van der Waals surface area contributed by atoms with E-state index in [1.165, 1.54) is 4.90 Å². The molecule has 1 aromatic heterocycles. The van der Waals surface area contributed by atoms with Gasteiger partial charge in [-0.3, -0.25) is 9.59 Å². The summed E-state index contributed by atoms with van der Waals surface area (Å²) in [6.07, 6.45) is 4.75. The van der Waals surface area contributed by atoms with Crippen LogP contribution in [0.5, 0.6) is 0 Å². The van der Waals surface area contributed by atoms with Crippen LogP contribution in [0.15, 0.2) is 18.7 Å². The summed E-state index contributed by atoms with van der Waals surface area (Å²) in [6, 6.07) is -0.781. The quantitative estimate of drug-likeness (QED) is 0.775. The molecule has 1 aromatic rings. The molecule has 2 heterocycles. The molecule has 1 amide bonds. The summed E-state index contributed by atoms with van der Waals surface area (Å²) in [5, 5.41) is 8.87. The lowest BCUT2D eigenvalue weighted by Crippen LogP contribution is -2.52. The van der Waals surface area contributed by atoms with E-state index in [4.69, 9.17) is 5.11 Å². The normalized spacial score (nSPS) is 21.1. The Morgan fingerprint density at radius 2 is 2.14 bits per heavy atom. The summed E-state index contributed by atoms with van der Waals surface area (Å²) >= 11 is 0. The van der Waals surface area contributed by atoms with Crippen LogP contribution in [0.1, 0.15) is 12.8 Å². The standard InChI is InChI=1S/C12H17N3O5S/c16-11(1-3-14-4-2-13-9-14)15-5-6-21(19,20)8-10(15)7-12(17)18/h2,4,9-10H,1,3,5-8H2,(H,17,18). The number of aromatic nitrogens is 2. The van der Waals surface area contributed by atoms with Crippen molar-refractivity contribution >= 4 is 21.7 Å². The molecular weight excluding hydrogens is 298 g/mol. The van der Waals surface area contributed by atoms with Crippen molar-refractivity contribution < 1.29 is 23.1 Å². The van der Waals surface area contributed by atoms with E-state index < -0.39 is 21.8 Å². The molecule has 0 spiro atoms. The first-order valence-corrected chi connectivity index (χ1v) is 8.37. The number of hydrogen-bond acceptors (Lipinski definition) is 5. The molecular formula is C12H17N3O5S. The molecule has 9 heteroatoms. The number of carbonyl (C=O) groups is 2. The number of sulfone groups is 1. The number of carbonyl (C=O) groups excluding carboxylic acids is 1. The van der Waals surface area contributed by atoms with Gasteiger partial charge in [0.15, 0.2) is 9.84 Å². The maximum Gasteiger partial charge on any atom is 0.305 e. The third-order valence-corrected chi connectivity index (χ3v) is 5.10. The van der Waals surface area contributed by atoms with Gasteiger partial charge in [0.1, 0.15) is 0 Å². The lowest BCUT2D eigenvalue weighted by atomic mass is 10.2. The Kier molecular flexibility index (Phi) is 4.61. The number of aryl methyl sites for hydroxylation is 1. The first-order valence-electron chi connectivity index (χ1n) is 6.55.